The molecule has 28 heavy (non-hydrogen) atoms. The Morgan fingerprint density at radius 2 is 1.93 bits per heavy atom. The third-order valence-electron chi connectivity index (χ3n) is 3.62. The normalized spacial score (nSPS) is 10.0. The fourth-order valence-corrected chi connectivity index (χ4v) is 2.25. The van der Waals surface area contributed by atoms with Crippen LogP contribution in [0.5, 0.6) is 5.75 Å². The van der Waals surface area contributed by atoms with Crippen LogP contribution in [0.25, 0.3) is 0 Å². The minimum Gasteiger partial charge on any atom is -0.490 e. The van der Waals surface area contributed by atoms with Gasteiger partial charge in [0.2, 0.25) is 0 Å². The zero-order valence-electron chi connectivity index (χ0n) is 15.2. The maximum atomic E-state index is 12.1. The van der Waals surface area contributed by atoms with Gasteiger partial charge in [-0.2, -0.15) is 5.26 Å². The molecule has 2 aromatic carbocycles. The van der Waals surface area contributed by atoms with E-state index in [-0.39, 0.29) is 24.5 Å². The van der Waals surface area contributed by atoms with Gasteiger partial charge in [-0.1, -0.05) is 0 Å². The summed E-state index contributed by atoms with van der Waals surface area (Å²) in [4.78, 5) is 22.8. The summed E-state index contributed by atoms with van der Waals surface area (Å²) in [7, 11) is 1.53. The van der Waals surface area contributed by atoms with Gasteiger partial charge in [0, 0.05) is 19.7 Å². The number of esters is 1. The quantitative estimate of drug-likeness (QED) is 0.286. The summed E-state index contributed by atoms with van der Waals surface area (Å²) in [6.45, 7) is 0.866. The van der Waals surface area contributed by atoms with E-state index in [1.807, 2.05) is 6.07 Å². The van der Waals surface area contributed by atoms with Gasteiger partial charge in [0.15, 0.2) is 0 Å². The van der Waals surface area contributed by atoms with Crippen molar-refractivity contribution in [3.8, 4) is 11.8 Å². The maximum Gasteiger partial charge on any atom is 0.338 e. The first-order valence-corrected chi connectivity index (χ1v) is 8.36. The molecule has 1 N–H and O–H groups in total. The van der Waals surface area contributed by atoms with Crippen LogP contribution in [0.1, 0.15) is 15.9 Å². The Labute approximate surface area is 161 Å². The van der Waals surface area contributed by atoms with Crippen molar-refractivity contribution in [2.45, 2.75) is 0 Å². The number of nitriles is 1. The number of hydrogen-bond acceptors (Lipinski definition) is 8. The van der Waals surface area contributed by atoms with Gasteiger partial charge < -0.3 is 19.5 Å². The summed E-state index contributed by atoms with van der Waals surface area (Å²) in [5.74, 6) is -0.146. The molecule has 0 atom stereocenters. The molecular formula is C19H19N3O6. The Morgan fingerprint density at radius 1 is 1.18 bits per heavy atom. The highest BCUT2D eigenvalue weighted by atomic mass is 16.6. The molecule has 9 heteroatoms. The Kier molecular flexibility index (Phi) is 7.75. The van der Waals surface area contributed by atoms with Gasteiger partial charge in [-0.15, -0.1) is 0 Å². The van der Waals surface area contributed by atoms with Crippen LogP contribution in [-0.4, -0.2) is 44.4 Å². The minimum absolute atomic E-state index is 0.0273. The number of anilines is 1. The number of carbonyl (C=O) groups is 1. The number of benzene rings is 2. The van der Waals surface area contributed by atoms with Crippen LogP contribution in [0, 0.1) is 21.4 Å². The zero-order valence-corrected chi connectivity index (χ0v) is 15.2. The van der Waals surface area contributed by atoms with Gasteiger partial charge in [-0.25, -0.2) is 4.79 Å². The van der Waals surface area contributed by atoms with Crippen molar-refractivity contribution in [3.05, 3.63) is 63.7 Å². The monoisotopic (exact) mass is 385 g/mol. The van der Waals surface area contributed by atoms with Crippen molar-refractivity contribution in [1.29, 1.82) is 5.26 Å². The average molecular weight is 385 g/mol. The molecule has 9 nitrogen and oxygen atoms in total. The lowest BCUT2D eigenvalue weighted by molar-refractivity contribution is -0.384. The van der Waals surface area contributed by atoms with E-state index < -0.39 is 10.9 Å². The number of nitrogens with zero attached hydrogens (tertiary/aromatic N) is 2. The maximum absolute atomic E-state index is 12.1. The number of carbonyl (C=O) groups excluding carboxylic acids is 1. The van der Waals surface area contributed by atoms with Crippen molar-refractivity contribution in [2.75, 3.05) is 38.8 Å². The van der Waals surface area contributed by atoms with E-state index in [4.69, 9.17) is 19.5 Å². The Bertz CT molecular complexity index is 861. The van der Waals surface area contributed by atoms with Gasteiger partial charge >= 0.3 is 5.97 Å². The van der Waals surface area contributed by atoms with E-state index >= 15 is 0 Å². The first-order chi connectivity index (χ1) is 13.5. The summed E-state index contributed by atoms with van der Waals surface area (Å²) in [6, 6.07) is 12.6. The molecule has 0 saturated heterocycles. The van der Waals surface area contributed by atoms with Crippen molar-refractivity contribution in [3.63, 3.8) is 0 Å². The Morgan fingerprint density at radius 3 is 2.57 bits per heavy atom. The summed E-state index contributed by atoms with van der Waals surface area (Å²) >= 11 is 0. The second-order valence-electron chi connectivity index (χ2n) is 5.53. The molecule has 0 aliphatic heterocycles. The SMILES string of the molecule is COCCNc1ccc(C(=O)OCCOc2ccc(C#N)cc2)cc1[N+](=O)[O-]. The van der Waals surface area contributed by atoms with Crippen molar-refractivity contribution < 1.29 is 23.9 Å². The predicted octanol–water partition coefficient (Wildman–Crippen LogP) is 2.76. The molecule has 2 aromatic rings. The van der Waals surface area contributed by atoms with Crippen LogP contribution < -0.4 is 10.1 Å². The third-order valence-corrected chi connectivity index (χ3v) is 3.62. The van der Waals surface area contributed by atoms with Crippen molar-refractivity contribution in [2.24, 2.45) is 0 Å². The lowest BCUT2D eigenvalue weighted by Crippen LogP contribution is -2.13. The lowest BCUT2D eigenvalue weighted by Gasteiger charge is -2.09. The van der Waals surface area contributed by atoms with Gasteiger partial charge in [0.25, 0.3) is 5.69 Å². The molecule has 0 radical (unpaired) electrons. The summed E-state index contributed by atoms with van der Waals surface area (Å²) in [5, 5.41) is 22.9. The smallest absolute Gasteiger partial charge is 0.338 e. The number of nitro groups is 1. The standard InChI is InChI=1S/C19H19N3O6/c1-26-9-8-21-17-7-4-15(12-18(17)22(24)25)19(23)28-11-10-27-16-5-2-14(13-20)3-6-16/h2-7,12,21H,8-11H2,1H3. The lowest BCUT2D eigenvalue weighted by atomic mass is 10.1. The summed E-state index contributed by atoms with van der Waals surface area (Å²) in [5.41, 5.74) is 0.657. The minimum atomic E-state index is -0.685. The fourth-order valence-electron chi connectivity index (χ4n) is 2.25. The molecule has 0 aliphatic carbocycles. The van der Waals surface area contributed by atoms with E-state index in [1.54, 1.807) is 24.3 Å². The number of methoxy groups -OCH3 is 1. The molecule has 0 unspecified atom stereocenters. The highest BCUT2D eigenvalue weighted by molar-refractivity contribution is 5.91. The second-order valence-corrected chi connectivity index (χ2v) is 5.53. The van der Waals surface area contributed by atoms with Crippen molar-refractivity contribution >= 4 is 17.3 Å². The largest absolute Gasteiger partial charge is 0.490 e. The highest BCUT2D eigenvalue weighted by Gasteiger charge is 2.18. The zero-order chi connectivity index (χ0) is 20.4. The van der Waals surface area contributed by atoms with Crippen molar-refractivity contribution in [1.82, 2.24) is 0 Å². The third kappa shape index (κ3) is 5.96. The van der Waals surface area contributed by atoms with Crippen LogP contribution >= 0.6 is 0 Å². The van der Waals surface area contributed by atoms with E-state index in [0.29, 0.717) is 30.2 Å². The number of nitrogens with one attached hydrogen (secondary N) is 1. The molecule has 0 spiro atoms. The number of nitro benzene ring substituents is 1. The Balaban J connectivity index is 1.89. The van der Waals surface area contributed by atoms with Crippen LogP contribution in [0.2, 0.25) is 0 Å². The summed E-state index contributed by atoms with van der Waals surface area (Å²) < 4.78 is 15.4. The first kappa shape index (κ1) is 20.7. The molecule has 0 heterocycles. The van der Waals surface area contributed by atoms with Crippen LogP contribution in [0.4, 0.5) is 11.4 Å². The molecule has 146 valence electrons. The Hall–Kier alpha value is -3.64. The van der Waals surface area contributed by atoms with Gasteiger partial charge in [-0.3, -0.25) is 10.1 Å². The molecular weight excluding hydrogens is 366 g/mol. The fraction of sp³-hybridized carbons (Fsp3) is 0.263. The molecule has 2 rings (SSSR count). The molecule has 0 saturated carbocycles. The van der Waals surface area contributed by atoms with Gasteiger partial charge in [0.1, 0.15) is 24.7 Å². The van der Waals surface area contributed by atoms with Gasteiger partial charge in [0.05, 0.1) is 28.7 Å². The molecule has 0 bridgehead atoms. The predicted molar refractivity (Wildman–Crippen MR) is 100 cm³/mol. The highest BCUT2D eigenvalue weighted by Crippen LogP contribution is 2.25. The van der Waals surface area contributed by atoms with Crippen LogP contribution in [-0.2, 0) is 9.47 Å². The molecule has 0 amide bonds. The molecule has 0 aliphatic rings. The average Bonchev–Trinajstić information content (AvgIpc) is 2.71. The number of hydrogen-bond donors (Lipinski definition) is 1. The van der Waals surface area contributed by atoms with E-state index in [0.717, 1.165) is 0 Å². The van der Waals surface area contributed by atoms with Crippen LogP contribution in [0.15, 0.2) is 42.5 Å². The van der Waals surface area contributed by atoms with E-state index in [9.17, 15) is 14.9 Å². The van der Waals surface area contributed by atoms with Gasteiger partial charge in [-0.05, 0) is 36.4 Å². The van der Waals surface area contributed by atoms with E-state index in [1.165, 1.54) is 25.3 Å². The molecule has 0 aromatic heterocycles. The number of rotatable bonds is 10. The molecule has 0 fully saturated rings. The topological polar surface area (TPSA) is 124 Å². The van der Waals surface area contributed by atoms with Crippen LogP contribution in [0.3, 0.4) is 0 Å². The first-order valence-electron chi connectivity index (χ1n) is 8.36. The second kappa shape index (κ2) is 10.5. The van der Waals surface area contributed by atoms with E-state index in [2.05, 4.69) is 5.32 Å². The summed E-state index contributed by atoms with van der Waals surface area (Å²) in [6.07, 6.45) is 0. The number of ether oxygens (including phenoxy) is 3.